The quantitative estimate of drug-likeness (QED) is 0.629. The van der Waals surface area contributed by atoms with Gasteiger partial charge in [-0.05, 0) is 12.1 Å². The maximum Gasteiger partial charge on any atom is 0.411 e. The van der Waals surface area contributed by atoms with Crippen LogP contribution in [-0.4, -0.2) is 52.9 Å². The van der Waals surface area contributed by atoms with E-state index in [1.165, 1.54) is 4.63 Å². The number of H-pyrrole nitrogens is 1. The molecule has 29 heavy (non-hydrogen) atoms. The molecule has 156 valence electrons. The number of nitrogens with one attached hydrogen (secondary N) is 2. The molecule has 3 rings (SSSR count). The zero-order valence-electron chi connectivity index (χ0n) is 16.5. The number of hydrogen-bond acceptors (Lipinski definition) is 6. The molecule has 0 aliphatic heterocycles. The molecule has 0 atom stereocenters. The van der Waals surface area contributed by atoms with Crippen LogP contribution in [-0.2, 0) is 20.0 Å². The van der Waals surface area contributed by atoms with Gasteiger partial charge < -0.3 is 9.72 Å². The Kier molecular flexibility index (Phi) is 5.59. The van der Waals surface area contributed by atoms with Crippen LogP contribution >= 0.6 is 11.6 Å². The van der Waals surface area contributed by atoms with Crippen molar-refractivity contribution in [3.63, 3.8) is 0 Å². The van der Waals surface area contributed by atoms with Crippen LogP contribution in [0, 0.1) is 0 Å². The third-order valence-corrected chi connectivity index (χ3v) is 5.29. The van der Waals surface area contributed by atoms with Gasteiger partial charge in [0.25, 0.3) is 0 Å². The van der Waals surface area contributed by atoms with Gasteiger partial charge in [-0.15, -0.1) is 9.73 Å². The molecule has 0 radical (unpaired) electrons. The van der Waals surface area contributed by atoms with Crippen molar-refractivity contribution >= 4 is 38.9 Å². The first-order chi connectivity index (χ1) is 13.4. The van der Waals surface area contributed by atoms with Crippen molar-refractivity contribution < 1.29 is 17.9 Å². The predicted octanol–water partition coefficient (Wildman–Crippen LogP) is 3.27. The molecule has 3 aromatic rings. The number of halogens is 1. The number of aromatic amines is 1. The minimum Gasteiger partial charge on any atom is -0.448 e. The molecule has 0 bridgehead atoms. The number of benzene rings is 1. The summed E-state index contributed by atoms with van der Waals surface area (Å²) in [4.78, 5) is 15.0. The van der Waals surface area contributed by atoms with Crippen LogP contribution in [0.3, 0.4) is 0 Å². The molecule has 0 saturated heterocycles. The number of rotatable bonds is 5. The van der Waals surface area contributed by atoms with Crippen LogP contribution < -0.4 is 5.32 Å². The second-order valence-electron chi connectivity index (χ2n) is 7.70. The Hall–Kier alpha value is -2.59. The fraction of sp³-hybridized carbons (Fsp3) is 0.389. The number of anilines is 1. The highest BCUT2D eigenvalue weighted by Crippen LogP contribution is 2.32. The molecule has 0 aliphatic rings. The lowest BCUT2D eigenvalue weighted by Gasteiger charge is -2.14. The Labute approximate surface area is 173 Å². The van der Waals surface area contributed by atoms with Gasteiger partial charge in [0.15, 0.2) is 21.3 Å². The lowest BCUT2D eigenvalue weighted by Crippen LogP contribution is -2.18. The molecule has 1 amide bonds. The maximum absolute atomic E-state index is 11.8. The summed E-state index contributed by atoms with van der Waals surface area (Å²) in [5.41, 5.74) is 2.30. The monoisotopic (exact) mass is 439 g/mol. The molecule has 0 saturated carbocycles. The second-order valence-corrected chi connectivity index (χ2v) is 10.3. The Balaban J connectivity index is 1.76. The Morgan fingerprint density at radius 2 is 2.03 bits per heavy atom. The highest BCUT2D eigenvalue weighted by molar-refractivity contribution is 7.90. The summed E-state index contributed by atoms with van der Waals surface area (Å²) >= 11 is 6.45. The van der Waals surface area contributed by atoms with E-state index in [9.17, 15) is 13.2 Å². The minimum absolute atomic E-state index is 0.214. The topological polar surface area (TPSA) is 118 Å². The molecule has 0 fully saturated rings. The molecule has 0 aliphatic carbocycles. The van der Waals surface area contributed by atoms with Crippen LogP contribution in [0.2, 0.25) is 5.02 Å². The van der Waals surface area contributed by atoms with Crippen LogP contribution in [0.4, 0.5) is 10.5 Å². The van der Waals surface area contributed by atoms with Gasteiger partial charge in [0.1, 0.15) is 11.6 Å². The molecule has 0 unspecified atom stereocenters. The van der Waals surface area contributed by atoms with Crippen molar-refractivity contribution in [2.24, 2.45) is 0 Å². The van der Waals surface area contributed by atoms with Gasteiger partial charge in [0.05, 0.1) is 11.4 Å². The van der Waals surface area contributed by atoms with E-state index in [1.54, 1.807) is 18.2 Å². The van der Waals surface area contributed by atoms with Crippen molar-refractivity contribution in [2.45, 2.75) is 26.2 Å². The van der Waals surface area contributed by atoms with Crippen molar-refractivity contribution in [1.29, 1.82) is 0 Å². The number of aromatic nitrogens is 4. The molecule has 2 aromatic heterocycles. The number of nitrogens with zero attached hydrogens (tertiary/aromatic N) is 3. The number of fused-ring (bicyclic) bond motifs is 1. The van der Waals surface area contributed by atoms with Crippen molar-refractivity contribution in [1.82, 2.24) is 19.8 Å². The molecular weight excluding hydrogens is 418 g/mol. The van der Waals surface area contributed by atoms with Crippen LogP contribution in [0.25, 0.3) is 17.0 Å². The number of carbonyl (C=O) groups is 1. The molecule has 0 spiro atoms. The van der Waals surface area contributed by atoms with Gasteiger partial charge in [-0.2, -0.15) is 5.10 Å². The number of amides is 1. The number of sulfone groups is 1. The third-order valence-electron chi connectivity index (χ3n) is 4.02. The lowest BCUT2D eigenvalue weighted by molar-refractivity contribution is 0.168. The van der Waals surface area contributed by atoms with Crippen LogP contribution in [0.1, 0.15) is 26.5 Å². The molecule has 1 aromatic carbocycles. The zero-order chi connectivity index (χ0) is 21.4. The largest absolute Gasteiger partial charge is 0.448 e. The van der Waals surface area contributed by atoms with Crippen molar-refractivity contribution in [3.05, 3.63) is 35.0 Å². The van der Waals surface area contributed by atoms with E-state index in [0.29, 0.717) is 27.7 Å². The van der Waals surface area contributed by atoms with E-state index in [1.807, 2.05) is 26.8 Å². The first-order valence-electron chi connectivity index (χ1n) is 8.81. The van der Waals surface area contributed by atoms with E-state index in [2.05, 4.69) is 20.5 Å². The second kappa shape index (κ2) is 7.68. The van der Waals surface area contributed by atoms with E-state index >= 15 is 0 Å². The number of ether oxygens (including phenoxy) is 1. The van der Waals surface area contributed by atoms with E-state index in [4.69, 9.17) is 16.3 Å². The van der Waals surface area contributed by atoms with E-state index < -0.39 is 15.9 Å². The van der Waals surface area contributed by atoms with Gasteiger partial charge in [-0.3, -0.25) is 5.32 Å². The SMILES string of the molecule is CC(C)(C)c1nn2nc(-c3cccc(NC(=O)OCCS(C)(=O)=O)c3)[nH]c2c1Cl. The van der Waals surface area contributed by atoms with Gasteiger partial charge >= 0.3 is 6.09 Å². The lowest BCUT2D eigenvalue weighted by atomic mass is 9.92. The summed E-state index contributed by atoms with van der Waals surface area (Å²) in [6, 6.07) is 6.95. The summed E-state index contributed by atoms with van der Waals surface area (Å²) in [5, 5.41) is 12.0. The van der Waals surface area contributed by atoms with Gasteiger partial charge in [-0.25, -0.2) is 13.2 Å². The Morgan fingerprint density at radius 3 is 2.66 bits per heavy atom. The van der Waals surface area contributed by atoms with E-state index in [-0.39, 0.29) is 17.8 Å². The first kappa shape index (κ1) is 21.1. The molecular formula is C18H22ClN5O4S. The highest BCUT2D eigenvalue weighted by atomic mass is 35.5. The number of carbonyl (C=O) groups excluding carboxylic acids is 1. The Bertz CT molecular complexity index is 1160. The molecule has 9 nitrogen and oxygen atoms in total. The molecule has 2 N–H and O–H groups in total. The zero-order valence-corrected chi connectivity index (χ0v) is 18.1. The van der Waals surface area contributed by atoms with Crippen molar-refractivity contribution in [2.75, 3.05) is 23.9 Å². The standard InChI is InChI=1S/C18H22ClN5O4S/c1-18(2,3)14-13(19)16-21-15(23-24(16)22-14)11-6-5-7-12(10-11)20-17(25)28-8-9-29(4,26)27/h5-7,10H,8-9H2,1-4H3,(H,20,25)(H,21,23). The fourth-order valence-electron chi connectivity index (χ4n) is 2.59. The summed E-state index contributed by atoms with van der Waals surface area (Å²) < 4.78 is 28.5. The normalized spacial score (nSPS) is 12.3. The van der Waals surface area contributed by atoms with Gasteiger partial charge in [0.2, 0.25) is 0 Å². The molecule has 2 heterocycles. The third kappa shape index (κ3) is 5.07. The summed E-state index contributed by atoms with van der Waals surface area (Å²) in [7, 11) is -3.20. The maximum atomic E-state index is 11.8. The van der Waals surface area contributed by atoms with Crippen LogP contribution in [0.15, 0.2) is 24.3 Å². The van der Waals surface area contributed by atoms with Crippen LogP contribution in [0.5, 0.6) is 0 Å². The average molecular weight is 440 g/mol. The summed E-state index contributed by atoms with van der Waals surface area (Å²) in [6.07, 6.45) is 0.340. The minimum atomic E-state index is -3.20. The van der Waals surface area contributed by atoms with Crippen molar-refractivity contribution in [3.8, 4) is 11.4 Å². The molecule has 11 heteroatoms. The van der Waals surface area contributed by atoms with E-state index in [0.717, 1.165) is 11.9 Å². The predicted molar refractivity (Wildman–Crippen MR) is 111 cm³/mol. The highest BCUT2D eigenvalue weighted by Gasteiger charge is 2.25. The smallest absolute Gasteiger partial charge is 0.411 e. The first-order valence-corrected chi connectivity index (χ1v) is 11.2. The van der Waals surface area contributed by atoms with Gasteiger partial charge in [-0.1, -0.05) is 44.5 Å². The summed E-state index contributed by atoms with van der Waals surface area (Å²) in [5.74, 6) is 0.299. The average Bonchev–Trinajstić information content (AvgIpc) is 3.13. The summed E-state index contributed by atoms with van der Waals surface area (Å²) in [6.45, 7) is 5.84. The van der Waals surface area contributed by atoms with Gasteiger partial charge in [0, 0.05) is 22.9 Å². The fourth-order valence-corrected chi connectivity index (χ4v) is 3.42. The Morgan fingerprint density at radius 1 is 1.31 bits per heavy atom. The number of hydrogen-bond donors (Lipinski definition) is 2.